The molecule has 2 aromatic rings. The number of nitrogens with zero attached hydrogens (tertiary/aromatic N) is 2. The molecule has 5 nitrogen and oxygen atoms in total. The van der Waals surface area contributed by atoms with Crippen molar-refractivity contribution >= 4 is 23.2 Å². The molecule has 3 aliphatic heterocycles. The number of amides is 1. The third-order valence-electron chi connectivity index (χ3n) is 5.37. The molecule has 0 saturated carbocycles. The van der Waals surface area contributed by atoms with E-state index < -0.39 is 17.7 Å². The zero-order valence-electron chi connectivity index (χ0n) is 14.1. The molecule has 0 aliphatic carbocycles. The van der Waals surface area contributed by atoms with Gasteiger partial charge in [0.2, 0.25) is 0 Å². The van der Waals surface area contributed by atoms with Crippen LogP contribution in [0.2, 0.25) is 0 Å². The van der Waals surface area contributed by atoms with Crippen LogP contribution in [0.4, 0.5) is 19.4 Å². The van der Waals surface area contributed by atoms with Gasteiger partial charge in [-0.3, -0.25) is 5.32 Å². The van der Waals surface area contributed by atoms with Crippen LogP contribution in [-0.2, 0) is 4.74 Å². The molecule has 3 saturated heterocycles. The smallest absolute Gasteiger partial charge is 0.412 e. The van der Waals surface area contributed by atoms with E-state index in [1.54, 1.807) is 0 Å². The Balaban J connectivity index is 1.42. The van der Waals surface area contributed by atoms with Crippen molar-refractivity contribution in [1.29, 1.82) is 0 Å². The summed E-state index contributed by atoms with van der Waals surface area (Å²) >= 11 is 1.13. The van der Waals surface area contributed by atoms with Gasteiger partial charge in [0, 0.05) is 11.0 Å². The molecule has 5 rings (SSSR count). The minimum atomic E-state index is -0.957. The Morgan fingerprint density at radius 2 is 2.00 bits per heavy atom. The first-order chi connectivity index (χ1) is 12.6. The third kappa shape index (κ3) is 3.31. The third-order valence-corrected chi connectivity index (χ3v) is 6.23. The molecule has 2 bridgehead atoms. The van der Waals surface area contributed by atoms with Gasteiger partial charge >= 0.3 is 6.09 Å². The first-order valence-electron chi connectivity index (χ1n) is 8.60. The zero-order valence-corrected chi connectivity index (χ0v) is 15.0. The molecule has 3 fully saturated rings. The van der Waals surface area contributed by atoms with Gasteiger partial charge in [0.25, 0.3) is 0 Å². The fourth-order valence-corrected chi connectivity index (χ4v) is 4.43. The number of aromatic nitrogens is 1. The summed E-state index contributed by atoms with van der Waals surface area (Å²) < 4.78 is 32.9. The lowest BCUT2D eigenvalue weighted by atomic mass is 9.73. The van der Waals surface area contributed by atoms with Crippen LogP contribution in [0.15, 0.2) is 23.7 Å². The number of hydrogen-bond acceptors (Lipinski definition) is 5. The summed E-state index contributed by atoms with van der Waals surface area (Å²) in [4.78, 5) is 19.1. The van der Waals surface area contributed by atoms with Crippen molar-refractivity contribution in [2.24, 2.45) is 5.41 Å². The second kappa shape index (κ2) is 6.92. The second-order valence-electron chi connectivity index (χ2n) is 6.92. The number of benzene rings is 1. The fraction of sp³-hybridized carbons (Fsp3) is 0.444. The highest BCUT2D eigenvalue weighted by atomic mass is 32.1. The molecule has 0 atom stereocenters. The number of halogens is 2. The Morgan fingerprint density at radius 1 is 1.27 bits per heavy atom. The number of fused-ring (bicyclic) bond motifs is 3. The van der Waals surface area contributed by atoms with Crippen molar-refractivity contribution in [2.45, 2.75) is 19.3 Å². The van der Waals surface area contributed by atoms with Crippen molar-refractivity contribution in [2.75, 3.05) is 31.6 Å². The van der Waals surface area contributed by atoms with Crippen LogP contribution in [0, 0.1) is 17.0 Å². The van der Waals surface area contributed by atoms with Gasteiger partial charge in [0.15, 0.2) is 17.5 Å². The number of nitrogens with one attached hydrogen (secondary N) is 1. The normalized spacial score (nSPS) is 24.5. The second-order valence-corrected chi connectivity index (χ2v) is 7.78. The van der Waals surface area contributed by atoms with Gasteiger partial charge in [-0.1, -0.05) is 12.1 Å². The number of ether oxygens (including phenoxy) is 1. The number of hydrogen-bond donors (Lipinski definition) is 1. The lowest BCUT2D eigenvalue weighted by Crippen LogP contribution is -2.50. The lowest BCUT2D eigenvalue weighted by molar-refractivity contribution is -0.0190. The number of rotatable bonds is 4. The quantitative estimate of drug-likeness (QED) is 0.868. The van der Waals surface area contributed by atoms with E-state index in [0.29, 0.717) is 11.5 Å². The van der Waals surface area contributed by atoms with Crippen LogP contribution < -0.4 is 5.32 Å². The van der Waals surface area contributed by atoms with E-state index in [-0.39, 0.29) is 16.8 Å². The maximum atomic E-state index is 14.0. The van der Waals surface area contributed by atoms with Crippen LogP contribution in [0.3, 0.4) is 0 Å². The van der Waals surface area contributed by atoms with Crippen molar-refractivity contribution in [1.82, 2.24) is 9.88 Å². The molecule has 3 aliphatic rings. The van der Waals surface area contributed by atoms with E-state index >= 15 is 0 Å². The molecule has 0 unspecified atom stereocenters. The molecule has 4 heterocycles. The van der Waals surface area contributed by atoms with Gasteiger partial charge in [0.05, 0.1) is 17.0 Å². The first kappa shape index (κ1) is 17.4. The van der Waals surface area contributed by atoms with Gasteiger partial charge in [0.1, 0.15) is 0 Å². The van der Waals surface area contributed by atoms with Crippen molar-refractivity contribution in [3.8, 4) is 10.4 Å². The number of thiazole rings is 1. The van der Waals surface area contributed by atoms with Crippen LogP contribution in [-0.4, -0.2) is 42.2 Å². The maximum absolute atomic E-state index is 14.0. The standard InChI is InChI=1S/C18H19F2N3O2S/c19-13-3-1-2-12(14(13)20)15-16(21-11-26-15)22-17(24)25-10-18-4-7-23(8-5-18)9-6-18/h1-3,11H,4-10H2,(H,22,24). The average Bonchev–Trinajstić information content (AvgIpc) is 3.12. The average molecular weight is 379 g/mol. The molecular formula is C18H19F2N3O2S. The molecule has 0 spiro atoms. The lowest BCUT2D eigenvalue weighted by Gasteiger charge is -2.47. The number of anilines is 1. The summed E-state index contributed by atoms with van der Waals surface area (Å²) in [6.45, 7) is 3.54. The Bertz CT molecular complexity index is 805. The predicted molar refractivity (Wildman–Crippen MR) is 95.2 cm³/mol. The summed E-state index contributed by atoms with van der Waals surface area (Å²) in [7, 11) is 0. The highest BCUT2D eigenvalue weighted by Crippen LogP contribution is 2.40. The topological polar surface area (TPSA) is 54.5 Å². The fourth-order valence-electron chi connectivity index (χ4n) is 3.67. The minimum absolute atomic E-state index is 0.0704. The zero-order chi connectivity index (χ0) is 18.1. The van der Waals surface area contributed by atoms with Gasteiger partial charge in [-0.05, 0) is 45.0 Å². The van der Waals surface area contributed by atoms with E-state index in [9.17, 15) is 13.6 Å². The van der Waals surface area contributed by atoms with Crippen LogP contribution in [0.5, 0.6) is 0 Å². The van der Waals surface area contributed by atoms with Crippen molar-refractivity contribution in [3.05, 3.63) is 35.3 Å². The Morgan fingerprint density at radius 3 is 2.73 bits per heavy atom. The minimum Gasteiger partial charge on any atom is -0.449 e. The van der Waals surface area contributed by atoms with Crippen LogP contribution in [0.25, 0.3) is 10.4 Å². The molecule has 1 N–H and O–H groups in total. The van der Waals surface area contributed by atoms with Gasteiger partial charge < -0.3 is 9.64 Å². The predicted octanol–water partition coefficient (Wildman–Crippen LogP) is 4.12. The molecule has 26 heavy (non-hydrogen) atoms. The van der Waals surface area contributed by atoms with Gasteiger partial charge in [-0.15, -0.1) is 11.3 Å². The van der Waals surface area contributed by atoms with E-state index in [2.05, 4.69) is 15.2 Å². The van der Waals surface area contributed by atoms with E-state index in [1.165, 1.54) is 17.6 Å². The number of carbonyl (C=O) groups is 1. The largest absolute Gasteiger partial charge is 0.449 e. The SMILES string of the molecule is O=C(Nc1ncsc1-c1cccc(F)c1F)OCC12CCN(CC1)CC2. The van der Waals surface area contributed by atoms with Gasteiger partial charge in [-0.2, -0.15) is 0 Å². The Labute approximate surface area is 154 Å². The van der Waals surface area contributed by atoms with E-state index in [4.69, 9.17) is 4.74 Å². The van der Waals surface area contributed by atoms with E-state index in [0.717, 1.165) is 56.3 Å². The number of carbonyl (C=O) groups excluding carboxylic acids is 1. The Hall–Kier alpha value is -2.06. The first-order valence-corrected chi connectivity index (χ1v) is 9.48. The van der Waals surface area contributed by atoms with E-state index in [1.807, 2.05) is 0 Å². The molecular weight excluding hydrogens is 360 g/mol. The maximum Gasteiger partial charge on any atom is 0.412 e. The molecule has 1 aromatic heterocycles. The van der Waals surface area contributed by atoms with Crippen LogP contribution >= 0.6 is 11.3 Å². The molecule has 1 aromatic carbocycles. The summed E-state index contributed by atoms with van der Waals surface area (Å²) in [5, 5.41) is 2.57. The summed E-state index contributed by atoms with van der Waals surface area (Å²) in [5.41, 5.74) is 1.62. The summed E-state index contributed by atoms with van der Waals surface area (Å²) in [5.74, 6) is -1.71. The molecule has 138 valence electrons. The summed E-state index contributed by atoms with van der Waals surface area (Å²) in [6.07, 6.45) is 2.50. The number of piperidine rings is 3. The highest BCUT2D eigenvalue weighted by molar-refractivity contribution is 7.13. The molecule has 1 amide bonds. The monoisotopic (exact) mass is 379 g/mol. The molecule has 8 heteroatoms. The van der Waals surface area contributed by atoms with Gasteiger partial charge in [-0.25, -0.2) is 18.6 Å². The van der Waals surface area contributed by atoms with Crippen molar-refractivity contribution < 1.29 is 18.3 Å². The summed E-state index contributed by atoms with van der Waals surface area (Å²) in [6, 6.07) is 3.93. The van der Waals surface area contributed by atoms with Crippen molar-refractivity contribution in [3.63, 3.8) is 0 Å². The molecule has 0 radical (unpaired) electrons. The van der Waals surface area contributed by atoms with Crippen LogP contribution in [0.1, 0.15) is 19.3 Å². The Kier molecular flexibility index (Phi) is 4.62. The highest BCUT2D eigenvalue weighted by Gasteiger charge is 2.40.